The van der Waals surface area contributed by atoms with Gasteiger partial charge in [-0.1, -0.05) is 18.2 Å². The van der Waals surface area contributed by atoms with Gasteiger partial charge in [-0.15, -0.1) is 0 Å². The molecule has 2 N–H and O–H groups in total. The van der Waals surface area contributed by atoms with Gasteiger partial charge in [-0.2, -0.15) is 0 Å². The van der Waals surface area contributed by atoms with E-state index in [9.17, 15) is 18.8 Å². The molecule has 0 saturated carbocycles. The van der Waals surface area contributed by atoms with Gasteiger partial charge < -0.3 is 20.3 Å². The molecule has 2 aromatic carbocycles. The maximum atomic E-state index is 13.4. The zero-order chi connectivity index (χ0) is 20.8. The molecule has 1 saturated heterocycles. The van der Waals surface area contributed by atoms with Crippen LogP contribution in [0.25, 0.3) is 0 Å². The topological polar surface area (TPSA) is 87.7 Å². The number of ether oxygens (including phenoxy) is 1. The first-order valence-corrected chi connectivity index (χ1v) is 9.26. The van der Waals surface area contributed by atoms with Crippen molar-refractivity contribution in [3.05, 3.63) is 59.9 Å². The van der Waals surface area contributed by atoms with E-state index in [2.05, 4.69) is 10.6 Å². The molecule has 8 heteroatoms. The monoisotopic (exact) mass is 399 g/mol. The third-order valence-electron chi connectivity index (χ3n) is 4.65. The SMILES string of the molecule is COC(CNC(=O)C(=O)Nc1cccc(N2CCCC2=O)c1)c1cccc(F)c1. The van der Waals surface area contributed by atoms with E-state index in [0.29, 0.717) is 29.9 Å². The van der Waals surface area contributed by atoms with Crippen molar-refractivity contribution in [3.63, 3.8) is 0 Å². The van der Waals surface area contributed by atoms with E-state index < -0.39 is 23.7 Å². The van der Waals surface area contributed by atoms with Gasteiger partial charge in [0.2, 0.25) is 5.91 Å². The summed E-state index contributed by atoms with van der Waals surface area (Å²) in [6.45, 7) is 0.643. The molecule has 1 aliphatic heterocycles. The normalized spacial score (nSPS) is 14.6. The molecule has 0 spiro atoms. The van der Waals surface area contributed by atoms with Gasteiger partial charge in [-0.05, 0) is 42.3 Å². The standard InChI is InChI=1S/C21H22FN3O4/c1-29-18(14-5-2-6-15(22)11-14)13-23-20(27)21(28)24-16-7-3-8-17(12-16)25-10-4-9-19(25)26/h2-3,5-8,11-12,18H,4,9-10,13H2,1H3,(H,23,27)(H,24,28). The lowest BCUT2D eigenvalue weighted by molar-refractivity contribution is -0.136. The van der Waals surface area contributed by atoms with Crippen LogP contribution in [0.5, 0.6) is 0 Å². The van der Waals surface area contributed by atoms with E-state index in [-0.39, 0.29) is 12.5 Å². The van der Waals surface area contributed by atoms with E-state index in [1.165, 1.54) is 19.2 Å². The van der Waals surface area contributed by atoms with E-state index in [1.807, 2.05) is 0 Å². The molecule has 1 atom stereocenters. The van der Waals surface area contributed by atoms with Gasteiger partial charge in [0.05, 0.1) is 6.10 Å². The number of nitrogens with zero attached hydrogens (tertiary/aromatic N) is 1. The lowest BCUT2D eigenvalue weighted by atomic mass is 10.1. The Kier molecular flexibility index (Phi) is 6.56. The minimum absolute atomic E-state index is 0.00846. The molecule has 7 nitrogen and oxygen atoms in total. The van der Waals surface area contributed by atoms with Crippen molar-refractivity contribution >= 4 is 29.1 Å². The van der Waals surface area contributed by atoms with E-state index in [4.69, 9.17) is 4.74 Å². The van der Waals surface area contributed by atoms with Gasteiger partial charge in [0.25, 0.3) is 0 Å². The smallest absolute Gasteiger partial charge is 0.313 e. The van der Waals surface area contributed by atoms with E-state index >= 15 is 0 Å². The van der Waals surface area contributed by atoms with Crippen LogP contribution in [-0.2, 0) is 19.1 Å². The second-order valence-corrected chi connectivity index (χ2v) is 6.64. The number of hydrogen-bond donors (Lipinski definition) is 2. The molecule has 152 valence electrons. The van der Waals surface area contributed by atoms with Crippen LogP contribution in [0.15, 0.2) is 48.5 Å². The first-order chi connectivity index (χ1) is 14.0. The average Bonchev–Trinajstić information content (AvgIpc) is 3.14. The number of carbonyl (C=O) groups excluding carboxylic acids is 3. The molecule has 1 fully saturated rings. The van der Waals surface area contributed by atoms with Crippen molar-refractivity contribution in [2.24, 2.45) is 0 Å². The van der Waals surface area contributed by atoms with Gasteiger partial charge in [-0.3, -0.25) is 14.4 Å². The first-order valence-electron chi connectivity index (χ1n) is 9.26. The summed E-state index contributed by atoms with van der Waals surface area (Å²) in [6, 6.07) is 12.6. The van der Waals surface area contributed by atoms with Crippen molar-refractivity contribution in [1.29, 1.82) is 0 Å². The van der Waals surface area contributed by atoms with Gasteiger partial charge >= 0.3 is 11.8 Å². The summed E-state index contributed by atoms with van der Waals surface area (Å²) >= 11 is 0. The number of amides is 3. The van der Waals surface area contributed by atoms with E-state index in [0.717, 1.165) is 6.42 Å². The van der Waals surface area contributed by atoms with Gasteiger partial charge in [0.15, 0.2) is 0 Å². The quantitative estimate of drug-likeness (QED) is 0.731. The number of anilines is 2. The summed E-state index contributed by atoms with van der Waals surface area (Å²) in [4.78, 5) is 37.9. The number of halogens is 1. The lowest BCUT2D eigenvalue weighted by Gasteiger charge is -2.17. The Hall–Kier alpha value is -3.26. The lowest BCUT2D eigenvalue weighted by Crippen LogP contribution is -2.38. The van der Waals surface area contributed by atoms with Crippen LogP contribution in [0.4, 0.5) is 15.8 Å². The van der Waals surface area contributed by atoms with Crippen LogP contribution in [0.2, 0.25) is 0 Å². The first kappa shape index (κ1) is 20.5. The summed E-state index contributed by atoms with van der Waals surface area (Å²) in [6.07, 6.45) is 0.710. The minimum atomic E-state index is -0.844. The molecule has 0 aromatic heterocycles. The van der Waals surface area contributed by atoms with Crippen LogP contribution >= 0.6 is 0 Å². The molecule has 3 amide bonds. The van der Waals surface area contributed by atoms with Gasteiger partial charge in [-0.25, -0.2) is 4.39 Å². The second-order valence-electron chi connectivity index (χ2n) is 6.64. The Morgan fingerprint density at radius 2 is 1.97 bits per heavy atom. The molecule has 0 radical (unpaired) electrons. The Morgan fingerprint density at radius 1 is 1.17 bits per heavy atom. The molecule has 0 bridgehead atoms. The number of carbonyl (C=O) groups is 3. The predicted octanol–water partition coefficient (Wildman–Crippen LogP) is 2.39. The zero-order valence-electron chi connectivity index (χ0n) is 16.0. The van der Waals surface area contributed by atoms with Crippen molar-refractivity contribution in [2.75, 3.05) is 30.4 Å². The molecular formula is C21H22FN3O4. The Morgan fingerprint density at radius 3 is 2.66 bits per heavy atom. The molecule has 3 rings (SSSR count). The molecule has 1 heterocycles. The summed E-state index contributed by atoms with van der Waals surface area (Å²) in [5, 5.41) is 5.01. The largest absolute Gasteiger partial charge is 0.375 e. The highest BCUT2D eigenvalue weighted by atomic mass is 19.1. The second kappa shape index (κ2) is 9.29. The van der Waals surface area contributed by atoms with Crippen LogP contribution < -0.4 is 15.5 Å². The van der Waals surface area contributed by atoms with Crippen LogP contribution in [0.1, 0.15) is 24.5 Å². The summed E-state index contributed by atoms with van der Waals surface area (Å²) < 4.78 is 18.6. The fourth-order valence-electron chi connectivity index (χ4n) is 3.17. The fraction of sp³-hybridized carbons (Fsp3) is 0.286. The Bertz CT molecular complexity index is 918. The van der Waals surface area contributed by atoms with Crippen LogP contribution in [0.3, 0.4) is 0 Å². The molecule has 0 aliphatic carbocycles. The van der Waals surface area contributed by atoms with Gasteiger partial charge in [0, 0.05) is 38.0 Å². The minimum Gasteiger partial charge on any atom is -0.375 e. The highest BCUT2D eigenvalue weighted by molar-refractivity contribution is 6.39. The summed E-state index contributed by atoms with van der Waals surface area (Å²) in [7, 11) is 1.44. The van der Waals surface area contributed by atoms with Gasteiger partial charge in [0.1, 0.15) is 5.82 Å². The maximum absolute atomic E-state index is 13.4. The van der Waals surface area contributed by atoms with Crippen LogP contribution in [-0.4, -0.2) is 37.9 Å². The van der Waals surface area contributed by atoms with Crippen molar-refractivity contribution in [2.45, 2.75) is 18.9 Å². The Labute approximate surface area is 167 Å². The van der Waals surface area contributed by atoms with Crippen molar-refractivity contribution in [3.8, 4) is 0 Å². The Balaban J connectivity index is 1.58. The number of nitrogens with one attached hydrogen (secondary N) is 2. The molecule has 1 aliphatic rings. The van der Waals surface area contributed by atoms with Crippen molar-refractivity contribution in [1.82, 2.24) is 5.32 Å². The zero-order valence-corrected chi connectivity index (χ0v) is 16.0. The fourth-order valence-corrected chi connectivity index (χ4v) is 3.17. The van der Waals surface area contributed by atoms with Crippen LogP contribution in [0, 0.1) is 5.82 Å². The third kappa shape index (κ3) is 5.17. The molecule has 2 aromatic rings. The summed E-state index contributed by atoms with van der Waals surface area (Å²) in [5.74, 6) is -2.06. The maximum Gasteiger partial charge on any atom is 0.313 e. The highest BCUT2D eigenvalue weighted by Gasteiger charge is 2.22. The van der Waals surface area contributed by atoms with E-state index in [1.54, 1.807) is 41.3 Å². The molecular weight excluding hydrogens is 377 g/mol. The number of hydrogen-bond acceptors (Lipinski definition) is 4. The number of rotatable bonds is 6. The van der Waals surface area contributed by atoms with Crippen molar-refractivity contribution < 1.29 is 23.5 Å². The predicted molar refractivity (Wildman–Crippen MR) is 106 cm³/mol. The number of benzene rings is 2. The highest BCUT2D eigenvalue weighted by Crippen LogP contribution is 2.24. The summed E-state index contributed by atoms with van der Waals surface area (Å²) in [5.41, 5.74) is 1.64. The third-order valence-corrected chi connectivity index (χ3v) is 4.65. The molecule has 29 heavy (non-hydrogen) atoms. The number of methoxy groups -OCH3 is 1. The molecule has 1 unspecified atom stereocenters. The average molecular weight is 399 g/mol.